The second-order valence-electron chi connectivity index (χ2n) is 6.38. The van der Waals surface area contributed by atoms with Crippen LogP contribution in [-0.2, 0) is 4.74 Å². The van der Waals surface area contributed by atoms with Crippen LogP contribution in [0.1, 0.15) is 37.2 Å². The molecule has 2 aliphatic heterocycles. The minimum absolute atomic E-state index is 0.431. The summed E-state index contributed by atoms with van der Waals surface area (Å²) in [5.41, 5.74) is 4.58. The zero-order valence-corrected chi connectivity index (χ0v) is 11.2. The van der Waals surface area contributed by atoms with Crippen LogP contribution in [0.5, 0.6) is 0 Å². The Kier molecular flexibility index (Phi) is 2.87. The predicted molar refractivity (Wildman–Crippen MR) is 74.4 cm³/mol. The van der Waals surface area contributed by atoms with Crippen molar-refractivity contribution in [3.63, 3.8) is 0 Å². The molecule has 0 amide bonds. The topological polar surface area (TPSA) is 47.3 Å². The third kappa shape index (κ3) is 2.00. The van der Waals surface area contributed by atoms with E-state index in [1.54, 1.807) is 0 Å². The summed E-state index contributed by atoms with van der Waals surface area (Å²) in [4.78, 5) is 0. The van der Waals surface area contributed by atoms with E-state index in [1.165, 1.54) is 31.2 Å². The molecule has 2 saturated heterocycles. The summed E-state index contributed by atoms with van der Waals surface area (Å²) < 4.78 is 5.99. The van der Waals surface area contributed by atoms with Crippen LogP contribution < -0.4 is 11.3 Å². The lowest BCUT2D eigenvalue weighted by Crippen LogP contribution is -2.46. The average molecular weight is 258 g/mol. The van der Waals surface area contributed by atoms with Gasteiger partial charge in [-0.1, -0.05) is 30.3 Å². The summed E-state index contributed by atoms with van der Waals surface area (Å²) in [6.45, 7) is 0. The first-order chi connectivity index (χ1) is 9.36. The summed E-state index contributed by atoms with van der Waals surface area (Å²) >= 11 is 0. The Balaban J connectivity index is 1.47. The van der Waals surface area contributed by atoms with Gasteiger partial charge in [0.25, 0.3) is 0 Å². The van der Waals surface area contributed by atoms with E-state index in [0.29, 0.717) is 36.0 Å². The van der Waals surface area contributed by atoms with Crippen molar-refractivity contribution in [1.29, 1.82) is 0 Å². The van der Waals surface area contributed by atoms with Gasteiger partial charge in [0.15, 0.2) is 0 Å². The summed E-state index contributed by atoms with van der Waals surface area (Å²) in [6.07, 6.45) is 5.94. The minimum atomic E-state index is 0.431. The maximum atomic E-state index is 5.99. The molecule has 0 radical (unpaired) electrons. The molecule has 3 fully saturated rings. The molecule has 0 spiro atoms. The molecule has 4 rings (SSSR count). The summed E-state index contributed by atoms with van der Waals surface area (Å²) in [5.74, 6) is 7.88. The molecule has 2 bridgehead atoms. The third-order valence-electron chi connectivity index (χ3n) is 5.34. The molecule has 0 aromatic heterocycles. The number of hydrazine groups is 1. The molecule has 2 heterocycles. The molecule has 3 nitrogen and oxygen atoms in total. The Morgan fingerprint density at radius 1 is 1.11 bits per heavy atom. The highest BCUT2D eigenvalue weighted by Crippen LogP contribution is 2.54. The predicted octanol–water partition coefficient (Wildman–Crippen LogP) is 2.19. The smallest absolute Gasteiger partial charge is 0.0624 e. The summed E-state index contributed by atoms with van der Waals surface area (Å²) in [6, 6.07) is 11.3. The van der Waals surface area contributed by atoms with Gasteiger partial charge < -0.3 is 4.74 Å². The van der Waals surface area contributed by atoms with Crippen LogP contribution in [0.3, 0.4) is 0 Å². The highest BCUT2D eigenvalue weighted by molar-refractivity contribution is 5.27. The molecule has 102 valence electrons. The first kappa shape index (κ1) is 11.9. The molecule has 3 heteroatoms. The molecule has 6 atom stereocenters. The van der Waals surface area contributed by atoms with Gasteiger partial charge in [-0.05, 0) is 43.1 Å². The van der Waals surface area contributed by atoms with Crippen molar-refractivity contribution in [2.45, 2.75) is 49.9 Å². The lowest BCUT2D eigenvalue weighted by Gasteiger charge is -2.28. The van der Waals surface area contributed by atoms with Crippen LogP contribution in [0.2, 0.25) is 0 Å². The highest BCUT2D eigenvalue weighted by atomic mass is 16.5. The first-order valence-electron chi connectivity index (χ1n) is 7.53. The normalized spacial score (nSPS) is 41.4. The second-order valence-corrected chi connectivity index (χ2v) is 6.38. The van der Waals surface area contributed by atoms with Crippen molar-refractivity contribution in [1.82, 2.24) is 5.43 Å². The van der Waals surface area contributed by atoms with Gasteiger partial charge in [-0.3, -0.25) is 11.3 Å². The standard InChI is InChI=1S/C16H22N2O/c17-18-16(14-8-11-6-7-15(14)19-11)13-9-12(13)10-4-2-1-3-5-10/h1-5,11-16,18H,6-9,17H2. The van der Waals surface area contributed by atoms with Gasteiger partial charge in [-0.2, -0.15) is 0 Å². The average Bonchev–Trinajstić information content (AvgIpc) is 2.94. The van der Waals surface area contributed by atoms with Crippen LogP contribution in [0.25, 0.3) is 0 Å². The fraction of sp³-hybridized carbons (Fsp3) is 0.625. The number of nitrogens with one attached hydrogen (secondary N) is 1. The van der Waals surface area contributed by atoms with E-state index in [4.69, 9.17) is 10.6 Å². The van der Waals surface area contributed by atoms with Crippen LogP contribution >= 0.6 is 0 Å². The van der Waals surface area contributed by atoms with Gasteiger partial charge in [-0.25, -0.2) is 0 Å². The van der Waals surface area contributed by atoms with Gasteiger partial charge in [-0.15, -0.1) is 0 Å². The Bertz CT molecular complexity index is 449. The SMILES string of the molecule is NNC(C1CC2CCC1O2)C1CC1c1ccccc1. The number of hydrogen-bond acceptors (Lipinski definition) is 3. The van der Waals surface area contributed by atoms with E-state index in [9.17, 15) is 0 Å². The number of benzene rings is 1. The van der Waals surface area contributed by atoms with E-state index in [1.807, 2.05) is 0 Å². The number of ether oxygens (including phenoxy) is 1. The van der Waals surface area contributed by atoms with Gasteiger partial charge in [0, 0.05) is 12.0 Å². The molecule has 1 aromatic carbocycles. The molecular formula is C16H22N2O. The van der Waals surface area contributed by atoms with E-state index in [2.05, 4.69) is 35.8 Å². The van der Waals surface area contributed by atoms with Crippen molar-refractivity contribution in [3.05, 3.63) is 35.9 Å². The lowest BCUT2D eigenvalue weighted by atomic mass is 9.81. The second kappa shape index (κ2) is 4.58. The number of nitrogens with two attached hydrogens (primary N) is 1. The fourth-order valence-electron chi connectivity index (χ4n) is 4.31. The van der Waals surface area contributed by atoms with E-state index in [0.717, 1.165) is 0 Å². The zero-order valence-electron chi connectivity index (χ0n) is 11.2. The number of rotatable bonds is 4. The summed E-state index contributed by atoms with van der Waals surface area (Å²) in [7, 11) is 0. The van der Waals surface area contributed by atoms with Crippen molar-refractivity contribution in [2.24, 2.45) is 17.7 Å². The van der Waals surface area contributed by atoms with E-state index < -0.39 is 0 Å². The number of fused-ring (bicyclic) bond motifs is 2. The molecule has 1 aliphatic carbocycles. The Morgan fingerprint density at radius 2 is 1.95 bits per heavy atom. The van der Waals surface area contributed by atoms with Crippen LogP contribution in [-0.4, -0.2) is 18.2 Å². The van der Waals surface area contributed by atoms with Gasteiger partial charge >= 0.3 is 0 Å². The minimum Gasteiger partial charge on any atom is -0.375 e. The monoisotopic (exact) mass is 258 g/mol. The van der Waals surface area contributed by atoms with Crippen molar-refractivity contribution < 1.29 is 4.74 Å². The van der Waals surface area contributed by atoms with Crippen LogP contribution in [0, 0.1) is 11.8 Å². The lowest BCUT2D eigenvalue weighted by molar-refractivity contribution is 0.0836. The van der Waals surface area contributed by atoms with E-state index in [-0.39, 0.29) is 0 Å². The van der Waals surface area contributed by atoms with Gasteiger partial charge in [0.2, 0.25) is 0 Å². The quantitative estimate of drug-likeness (QED) is 0.643. The van der Waals surface area contributed by atoms with Gasteiger partial charge in [0.05, 0.1) is 12.2 Å². The van der Waals surface area contributed by atoms with Crippen LogP contribution in [0.15, 0.2) is 30.3 Å². The fourth-order valence-corrected chi connectivity index (χ4v) is 4.31. The Hall–Kier alpha value is -0.900. The Morgan fingerprint density at radius 3 is 2.58 bits per heavy atom. The molecular weight excluding hydrogens is 236 g/mol. The van der Waals surface area contributed by atoms with E-state index >= 15 is 0 Å². The summed E-state index contributed by atoms with van der Waals surface area (Å²) in [5, 5.41) is 0. The zero-order chi connectivity index (χ0) is 12.8. The van der Waals surface area contributed by atoms with Gasteiger partial charge in [0.1, 0.15) is 0 Å². The molecule has 19 heavy (non-hydrogen) atoms. The largest absolute Gasteiger partial charge is 0.375 e. The molecule has 3 aliphatic rings. The first-order valence-corrected chi connectivity index (χ1v) is 7.53. The highest BCUT2D eigenvalue weighted by Gasteiger charge is 2.52. The van der Waals surface area contributed by atoms with Crippen molar-refractivity contribution in [3.8, 4) is 0 Å². The molecule has 1 aromatic rings. The van der Waals surface area contributed by atoms with Crippen LogP contribution in [0.4, 0.5) is 0 Å². The van der Waals surface area contributed by atoms with Crippen molar-refractivity contribution >= 4 is 0 Å². The Labute approximate surface area is 114 Å². The number of hydrogen-bond donors (Lipinski definition) is 2. The third-order valence-corrected chi connectivity index (χ3v) is 5.34. The maximum Gasteiger partial charge on any atom is 0.0624 e. The molecule has 3 N–H and O–H groups in total. The molecule has 6 unspecified atom stereocenters. The van der Waals surface area contributed by atoms with Crippen molar-refractivity contribution in [2.75, 3.05) is 0 Å². The maximum absolute atomic E-state index is 5.99. The molecule has 1 saturated carbocycles.